The summed E-state index contributed by atoms with van der Waals surface area (Å²) in [6.45, 7) is 3.41. The molecule has 130 valence electrons. The number of nitro benzene ring substituents is 1. The summed E-state index contributed by atoms with van der Waals surface area (Å²) in [5.74, 6) is -0.434. The number of amides is 1. The van der Waals surface area contributed by atoms with Crippen molar-refractivity contribution in [3.8, 4) is 0 Å². The van der Waals surface area contributed by atoms with Gasteiger partial charge in [0.1, 0.15) is 0 Å². The van der Waals surface area contributed by atoms with Gasteiger partial charge < -0.3 is 10.6 Å². The molecule has 0 radical (unpaired) electrons. The van der Waals surface area contributed by atoms with Crippen molar-refractivity contribution in [3.63, 3.8) is 0 Å². The maximum absolute atomic E-state index is 12.7. The first-order chi connectivity index (χ1) is 10.9. The number of halogens is 3. The molecule has 0 unspecified atom stereocenters. The van der Waals surface area contributed by atoms with Crippen LogP contribution in [0.1, 0.15) is 19.4 Å². The van der Waals surface area contributed by atoms with Crippen molar-refractivity contribution >= 4 is 23.4 Å². The van der Waals surface area contributed by atoms with Gasteiger partial charge in [0.15, 0.2) is 0 Å². The highest BCUT2D eigenvalue weighted by Crippen LogP contribution is 2.44. The molecule has 6 nitrogen and oxygen atoms in total. The molecular formula is C14H14F3N3O3S. The molecule has 0 saturated carbocycles. The van der Waals surface area contributed by atoms with Gasteiger partial charge in [-0.15, -0.1) is 0 Å². The number of carbonyl (C=O) groups is 1. The van der Waals surface area contributed by atoms with E-state index in [1.54, 1.807) is 13.8 Å². The average molecular weight is 361 g/mol. The van der Waals surface area contributed by atoms with Crippen molar-refractivity contribution in [2.75, 3.05) is 7.05 Å². The Hall–Kier alpha value is -2.23. The highest BCUT2D eigenvalue weighted by Gasteiger charge is 2.43. The van der Waals surface area contributed by atoms with E-state index in [0.29, 0.717) is 17.8 Å². The SMILES string of the molecule is CN1C(=O)C(Sc2ccc(C(F)(F)F)cc2[N+](=O)[O-])=C(N)C1(C)C. The summed E-state index contributed by atoms with van der Waals surface area (Å²) in [6.07, 6.45) is -4.70. The van der Waals surface area contributed by atoms with Crippen LogP contribution in [-0.4, -0.2) is 28.3 Å². The maximum Gasteiger partial charge on any atom is 0.416 e. The molecule has 1 aromatic carbocycles. The van der Waals surface area contributed by atoms with E-state index < -0.39 is 33.8 Å². The zero-order valence-corrected chi connectivity index (χ0v) is 13.8. The lowest BCUT2D eigenvalue weighted by molar-refractivity contribution is -0.388. The summed E-state index contributed by atoms with van der Waals surface area (Å²) < 4.78 is 38.2. The summed E-state index contributed by atoms with van der Waals surface area (Å²) in [6, 6.07) is 2.16. The van der Waals surface area contributed by atoms with Gasteiger partial charge in [-0.25, -0.2) is 0 Å². The van der Waals surface area contributed by atoms with Crippen LogP contribution in [-0.2, 0) is 11.0 Å². The lowest BCUT2D eigenvalue weighted by atomic mass is 10.0. The van der Waals surface area contributed by atoms with Gasteiger partial charge in [-0.1, -0.05) is 11.8 Å². The Morgan fingerprint density at radius 3 is 2.33 bits per heavy atom. The fraction of sp³-hybridized carbons (Fsp3) is 0.357. The molecule has 0 saturated heterocycles. The third-order valence-corrected chi connectivity index (χ3v) is 5.10. The van der Waals surface area contributed by atoms with Crippen LogP contribution in [0.3, 0.4) is 0 Å². The minimum atomic E-state index is -4.70. The first-order valence-corrected chi connectivity index (χ1v) is 7.51. The molecule has 1 aromatic rings. The fourth-order valence-corrected chi connectivity index (χ4v) is 3.29. The van der Waals surface area contributed by atoms with Gasteiger partial charge in [0.2, 0.25) is 0 Å². The van der Waals surface area contributed by atoms with Crippen molar-refractivity contribution in [1.29, 1.82) is 0 Å². The standard InChI is InChI=1S/C14H14F3N3O3S/c1-13(2)11(18)10(12(21)19(13)3)24-9-5-4-7(14(15,16)17)6-8(9)20(22)23/h4-6H,18H2,1-3H3. The third kappa shape index (κ3) is 2.93. The van der Waals surface area contributed by atoms with Gasteiger partial charge in [0, 0.05) is 13.1 Å². The second-order valence-electron chi connectivity index (χ2n) is 5.71. The van der Waals surface area contributed by atoms with Crippen molar-refractivity contribution in [1.82, 2.24) is 4.90 Å². The number of nitrogens with two attached hydrogens (primary N) is 1. The summed E-state index contributed by atoms with van der Waals surface area (Å²) in [5, 5.41) is 11.1. The first-order valence-electron chi connectivity index (χ1n) is 6.69. The normalized spacial score (nSPS) is 17.6. The minimum Gasteiger partial charge on any atom is -0.399 e. The van der Waals surface area contributed by atoms with Crippen LogP contribution in [0.15, 0.2) is 33.7 Å². The molecule has 1 heterocycles. The summed E-state index contributed by atoms with van der Waals surface area (Å²) >= 11 is 0.702. The smallest absolute Gasteiger partial charge is 0.399 e. The molecule has 1 amide bonds. The van der Waals surface area contributed by atoms with Crippen molar-refractivity contribution in [3.05, 3.63) is 44.5 Å². The number of likely N-dealkylation sites (N-methyl/N-ethyl adjacent to an activating group) is 1. The van der Waals surface area contributed by atoms with Gasteiger partial charge in [0.05, 0.1) is 31.5 Å². The first kappa shape index (κ1) is 18.1. The van der Waals surface area contributed by atoms with Crippen LogP contribution in [0.2, 0.25) is 0 Å². The lowest BCUT2D eigenvalue weighted by Crippen LogP contribution is -2.42. The van der Waals surface area contributed by atoms with Gasteiger partial charge in [-0.3, -0.25) is 14.9 Å². The Kier molecular flexibility index (Phi) is 4.29. The van der Waals surface area contributed by atoms with E-state index >= 15 is 0 Å². The Labute approximate surface area is 139 Å². The molecule has 0 aliphatic carbocycles. The maximum atomic E-state index is 12.7. The van der Waals surface area contributed by atoms with Gasteiger partial charge in [0.25, 0.3) is 11.6 Å². The van der Waals surface area contributed by atoms with Crippen LogP contribution in [0.5, 0.6) is 0 Å². The van der Waals surface area contributed by atoms with Crippen LogP contribution >= 0.6 is 11.8 Å². The molecule has 24 heavy (non-hydrogen) atoms. The summed E-state index contributed by atoms with van der Waals surface area (Å²) in [7, 11) is 1.53. The topological polar surface area (TPSA) is 89.5 Å². The predicted molar refractivity (Wildman–Crippen MR) is 82.0 cm³/mol. The van der Waals surface area contributed by atoms with Gasteiger partial charge in [-0.2, -0.15) is 13.2 Å². The Morgan fingerprint density at radius 1 is 1.33 bits per heavy atom. The zero-order chi connectivity index (χ0) is 18.4. The number of thioether (sulfide) groups is 1. The molecule has 0 spiro atoms. The third-order valence-electron chi connectivity index (χ3n) is 3.94. The largest absolute Gasteiger partial charge is 0.416 e. The van der Waals surface area contributed by atoms with Crippen LogP contribution in [0.4, 0.5) is 18.9 Å². The number of nitro groups is 1. The molecule has 1 aliphatic rings. The zero-order valence-electron chi connectivity index (χ0n) is 13.0. The second kappa shape index (κ2) is 5.69. The van der Waals surface area contributed by atoms with Crippen molar-refractivity contribution < 1.29 is 22.9 Å². The summed E-state index contributed by atoms with van der Waals surface area (Å²) in [5.41, 5.74) is 3.54. The number of hydrogen-bond donors (Lipinski definition) is 1. The van der Waals surface area contributed by atoms with Gasteiger partial charge >= 0.3 is 6.18 Å². The van der Waals surface area contributed by atoms with Crippen LogP contribution in [0, 0.1) is 10.1 Å². The van der Waals surface area contributed by atoms with Crippen LogP contribution in [0.25, 0.3) is 0 Å². The number of alkyl halides is 3. The Morgan fingerprint density at radius 2 is 1.92 bits per heavy atom. The molecule has 0 aromatic heterocycles. The average Bonchev–Trinajstić information content (AvgIpc) is 2.61. The number of carbonyl (C=O) groups excluding carboxylic acids is 1. The van der Waals surface area contributed by atoms with E-state index in [9.17, 15) is 28.1 Å². The minimum absolute atomic E-state index is 0.0744. The molecular weight excluding hydrogens is 347 g/mol. The monoisotopic (exact) mass is 361 g/mol. The highest BCUT2D eigenvalue weighted by atomic mass is 32.2. The van der Waals surface area contributed by atoms with Crippen molar-refractivity contribution in [2.24, 2.45) is 5.73 Å². The number of benzene rings is 1. The van der Waals surface area contributed by atoms with E-state index in [1.807, 2.05) is 0 Å². The number of nitrogens with zero attached hydrogens (tertiary/aromatic N) is 2. The highest BCUT2D eigenvalue weighted by molar-refractivity contribution is 8.04. The number of hydrogen-bond acceptors (Lipinski definition) is 5. The predicted octanol–water partition coefficient (Wildman–Crippen LogP) is 3.13. The Bertz CT molecular complexity index is 759. The second-order valence-corrected chi connectivity index (χ2v) is 6.76. The van der Waals surface area contributed by atoms with Crippen LogP contribution < -0.4 is 5.73 Å². The fourth-order valence-electron chi connectivity index (χ4n) is 2.11. The van der Waals surface area contributed by atoms with E-state index in [-0.39, 0.29) is 15.5 Å². The Balaban J connectivity index is 2.49. The van der Waals surface area contributed by atoms with E-state index in [0.717, 1.165) is 12.1 Å². The van der Waals surface area contributed by atoms with E-state index in [1.165, 1.54) is 11.9 Å². The molecule has 2 N–H and O–H groups in total. The molecule has 10 heteroatoms. The lowest BCUT2D eigenvalue weighted by Gasteiger charge is -2.28. The molecule has 0 fully saturated rings. The van der Waals surface area contributed by atoms with E-state index in [4.69, 9.17) is 5.73 Å². The molecule has 0 atom stereocenters. The number of rotatable bonds is 3. The summed E-state index contributed by atoms with van der Waals surface area (Å²) in [4.78, 5) is 23.8. The molecule has 2 rings (SSSR count). The van der Waals surface area contributed by atoms with Gasteiger partial charge in [-0.05, 0) is 26.0 Å². The molecule has 1 aliphatic heterocycles. The van der Waals surface area contributed by atoms with Crippen molar-refractivity contribution in [2.45, 2.75) is 30.5 Å². The van der Waals surface area contributed by atoms with E-state index in [2.05, 4.69) is 0 Å². The quantitative estimate of drug-likeness (QED) is 0.660. The molecule has 0 bridgehead atoms.